The Hall–Kier alpha value is -1.62. The number of carbonyl (C=O) groups is 2. The van der Waals surface area contributed by atoms with Gasteiger partial charge in [0.1, 0.15) is 0 Å². The number of carboxylic acids is 1. The van der Waals surface area contributed by atoms with E-state index in [0.29, 0.717) is 0 Å². The number of aliphatic carboxylic acids is 1. The van der Waals surface area contributed by atoms with Crippen LogP contribution in [0.3, 0.4) is 0 Å². The maximum atomic E-state index is 13.5. The molecule has 0 radical (unpaired) electrons. The third-order valence-corrected chi connectivity index (χ3v) is 2.62. The quantitative estimate of drug-likeness (QED) is 0.865. The highest BCUT2D eigenvalue weighted by Crippen LogP contribution is 2.17. The van der Waals surface area contributed by atoms with E-state index in [2.05, 4.69) is 5.32 Å². The SMILES string of the molecule is CC(CNC(=O)c1cccc(Cl)c1F)CC(=O)O. The summed E-state index contributed by atoms with van der Waals surface area (Å²) >= 11 is 5.56. The van der Waals surface area contributed by atoms with Crippen LogP contribution < -0.4 is 5.32 Å². The normalized spacial score (nSPS) is 11.9. The van der Waals surface area contributed by atoms with Gasteiger partial charge in [0.15, 0.2) is 5.82 Å². The van der Waals surface area contributed by atoms with Gasteiger partial charge in [-0.3, -0.25) is 9.59 Å². The number of carboxylic acid groups (broad SMARTS) is 1. The molecule has 98 valence electrons. The summed E-state index contributed by atoms with van der Waals surface area (Å²) in [7, 11) is 0. The number of rotatable bonds is 5. The molecule has 0 aliphatic heterocycles. The Balaban J connectivity index is 2.61. The number of nitrogens with one attached hydrogen (secondary N) is 1. The molecule has 0 saturated carbocycles. The molecular formula is C12H13ClFNO3. The first kappa shape index (κ1) is 14.4. The largest absolute Gasteiger partial charge is 0.481 e. The zero-order valence-electron chi connectivity index (χ0n) is 9.74. The minimum absolute atomic E-state index is 0.0572. The van der Waals surface area contributed by atoms with Crippen molar-refractivity contribution in [3.63, 3.8) is 0 Å². The fourth-order valence-electron chi connectivity index (χ4n) is 1.41. The lowest BCUT2D eigenvalue weighted by atomic mass is 10.1. The van der Waals surface area contributed by atoms with Gasteiger partial charge in [0, 0.05) is 13.0 Å². The van der Waals surface area contributed by atoms with Crippen LogP contribution in [0.2, 0.25) is 5.02 Å². The van der Waals surface area contributed by atoms with Crippen molar-refractivity contribution < 1.29 is 19.1 Å². The maximum Gasteiger partial charge on any atom is 0.303 e. The molecule has 0 aliphatic carbocycles. The Morgan fingerprint density at radius 3 is 2.78 bits per heavy atom. The number of hydrogen-bond donors (Lipinski definition) is 2. The van der Waals surface area contributed by atoms with Gasteiger partial charge in [-0.15, -0.1) is 0 Å². The topological polar surface area (TPSA) is 66.4 Å². The maximum absolute atomic E-state index is 13.5. The predicted molar refractivity (Wildman–Crippen MR) is 65.2 cm³/mol. The van der Waals surface area contributed by atoms with Gasteiger partial charge in [-0.2, -0.15) is 0 Å². The monoisotopic (exact) mass is 273 g/mol. The van der Waals surface area contributed by atoms with Crippen LogP contribution in [-0.4, -0.2) is 23.5 Å². The van der Waals surface area contributed by atoms with Crippen LogP contribution in [0.1, 0.15) is 23.7 Å². The van der Waals surface area contributed by atoms with Crippen molar-refractivity contribution in [3.05, 3.63) is 34.6 Å². The standard InChI is InChI=1S/C12H13ClFNO3/c1-7(5-10(16)17)6-15-12(18)8-3-2-4-9(13)11(8)14/h2-4,7H,5-6H2,1H3,(H,15,18)(H,16,17). The highest BCUT2D eigenvalue weighted by Gasteiger charge is 2.15. The Labute approximate surface area is 109 Å². The minimum atomic E-state index is -0.939. The van der Waals surface area contributed by atoms with Crippen LogP contribution in [0.25, 0.3) is 0 Å². The molecule has 1 atom stereocenters. The number of benzene rings is 1. The van der Waals surface area contributed by atoms with E-state index in [0.717, 1.165) is 0 Å². The number of carbonyl (C=O) groups excluding carboxylic acids is 1. The van der Waals surface area contributed by atoms with E-state index in [4.69, 9.17) is 16.7 Å². The van der Waals surface area contributed by atoms with Gasteiger partial charge >= 0.3 is 5.97 Å². The van der Waals surface area contributed by atoms with Crippen molar-refractivity contribution in [2.75, 3.05) is 6.54 Å². The lowest BCUT2D eigenvalue weighted by molar-refractivity contribution is -0.137. The summed E-state index contributed by atoms with van der Waals surface area (Å²) in [6, 6.07) is 4.14. The van der Waals surface area contributed by atoms with Gasteiger partial charge < -0.3 is 10.4 Å². The zero-order chi connectivity index (χ0) is 13.7. The van der Waals surface area contributed by atoms with Crippen LogP contribution in [0.5, 0.6) is 0 Å². The summed E-state index contributed by atoms with van der Waals surface area (Å²) in [5.74, 6) is -2.55. The molecule has 0 fully saturated rings. The van der Waals surface area contributed by atoms with Gasteiger partial charge in [-0.1, -0.05) is 24.6 Å². The molecule has 2 N–H and O–H groups in total. The van der Waals surface area contributed by atoms with E-state index in [-0.39, 0.29) is 29.5 Å². The molecule has 18 heavy (non-hydrogen) atoms. The van der Waals surface area contributed by atoms with E-state index in [1.54, 1.807) is 6.92 Å². The van der Waals surface area contributed by atoms with Gasteiger partial charge in [0.2, 0.25) is 0 Å². The first-order valence-electron chi connectivity index (χ1n) is 5.35. The molecule has 0 aromatic heterocycles. The van der Waals surface area contributed by atoms with Crippen LogP contribution in [0.15, 0.2) is 18.2 Å². The number of amides is 1. The van der Waals surface area contributed by atoms with Crippen molar-refractivity contribution in [1.29, 1.82) is 0 Å². The highest BCUT2D eigenvalue weighted by molar-refractivity contribution is 6.31. The molecule has 0 aliphatic rings. The van der Waals surface area contributed by atoms with Gasteiger partial charge in [0.05, 0.1) is 10.6 Å². The van der Waals surface area contributed by atoms with Crippen LogP contribution in [0.4, 0.5) is 4.39 Å². The third kappa shape index (κ3) is 4.00. The molecule has 1 aromatic carbocycles. The molecule has 1 rings (SSSR count). The molecule has 4 nitrogen and oxygen atoms in total. The summed E-state index contributed by atoms with van der Waals surface area (Å²) in [6.45, 7) is 1.85. The highest BCUT2D eigenvalue weighted by atomic mass is 35.5. The minimum Gasteiger partial charge on any atom is -0.481 e. The van der Waals surface area contributed by atoms with E-state index >= 15 is 0 Å². The molecule has 0 bridgehead atoms. The average molecular weight is 274 g/mol. The van der Waals surface area contributed by atoms with E-state index in [9.17, 15) is 14.0 Å². The fourth-order valence-corrected chi connectivity index (χ4v) is 1.59. The second-order valence-corrected chi connectivity index (χ2v) is 4.42. The molecule has 0 spiro atoms. The molecule has 0 saturated heterocycles. The average Bonchev–Trinajstić information content (AvgIpc) is 2.29. The molecule has 6 heteroatoms. The van der Waals surface area contributed by atoms with Gasteiger partial charge in [0.25, 0.3) is 5.91 Å². The Bertz CT molecular complexity index is 465. The number of hydrogen-bond acceptors (Lipinski definition) is 2. The lowest BCUT2D eigenvalue weighted by Gasteiger charge is -2.11. The van der Waals surface area contributed by atoms with Gasteiger partial charge in [-0.05, 0) is 18.1 Å². The summed E-state index contributed by atoms with van der Waals surface area (Å²) in [5, 5.41) is 10.9. The number of halogens is 2. The summed E-state index contributed by atoms with van der Waals surface area (Å²) in [5.41, 5.74) is -0.148. The van der Waals surface area contributed by atoms with E-state index in [1.807, 2.05) is 0 Å². The Morgan fingerprint density at radius 2 is 2.17 bits per heavy atom. The summed E-state index contributed by atoms with van der Waals surface area (Å²) in [6.07, 6.45) is -0.0572. The van der Waals surface area contributed by atoms with E-state index in [1.165, 1.54) is 18.2 Å². The van der Waals surface area contributed by atoms with Crippen molar-refractivity contribution >= 4 is 23.5 Å². The van der Waals surface area contributed by atoms with Crippen molar-refractivity contribution in [2.45, 2.75) is 13.3 Å². The van der Waals surface area contributed by atoms with Crippen molar-refractivity contribution in [3.8, 4) is 0 Å². The van der Waals surface area contributed by atoms with Crippen LogP contribution in [0, 0.1) is 11.7 Å². The molecule has 1 amide bonds. The van der Waals surface area contributed by atoms with Crippen LogP contribution >= 0.6 is 11.6 Å². The first-order valence-corrected chi connectivity index (χ1v) is 5.73. The molecular weight excluding hydrogens is 261 g/mol. The van der Waals surface area contributed by atoms with Crippen LogP contribution in [-0.2, 0) is 4.79 Å². The zero-order valence-corrected chi connectivity index (χ0v) is 10.5. The van der Waals surface area contributed by atoms with Gasteiger partial charge in [-0.25, -0.2) is 4.39 Å². The lowest BCUT2D eigenvalue weighted by Crippen LogP contribution is -2.29. The fraction of sp³-hybridized carbons (Fsp3) is 0.333. The van der Waals surface area contributed by atoms with Crippen molar-refractivity contribution in [2.24, 2.45) is 5.92 Å². The first-order chi connectivity index (χ1) is 8.41. The second-order valence-electron chi connectivity index (χ2n) is 4.01. The summed E-state index contributed by atoms with van der Waals surface area (Å²) < 4.78 is 13.5. The summed E-state index contributed by atoms with van der Waals surface area (Å²) in [4.78, 5) is 22.1. The van der Waals surface area contributed by atoms with Crippen molar-refractivity contribution in [1.82, 2.24) is 5.32 Å². The Kier molecular flexibility index (Phi) is 5.09. The molecule has 0 heterocycles. The second kappa shape index (κ2) is 6.35. The predicted octanol–water partition coefficient (Wildman–Crippen LogP) is 2.32. The Morgan fingerprint density at radius 1 is 1.50 bits per heavy atom. The van der Waals surface area contributed by atoms with E-state index < -0.39 is 17.7 Å². The molecule has 1 unspecified atom stereocenters. The smallest absolute Gasteiger partial charge is 0.303 e. The third-order valence-electron chi connectivity index (χ3n) is 2.33. The molecule has 1 aromatic rings.